The first-order valence-electron chi connectivity index (χ1n) is 6.39. The van der Waals surface area contributed by atoms with Crippen molar-refractivity contribution in [1.29, 1.82) is 0 Å². The molecule has 0 atom stereocenters. The third kappa shape index (κ3) is 3.63. The smallest absolute Gasteiger partial charge is 0.335 e. The van der Waals surface area contributed by atoms with E-state index in [2.05, 4.69) is 4.72 Å². The van der Waals surface area contributed by atoms with E-state index in [9.17, 15) is 13.2 Å². The van der Waals surface area contributed by atoms with Crippen molar-refractivity contribution in [3.8, 4) is 5.75 Å². The highest BCUT2D eigenvalue weighted by Gasteiger charge is 2.16. The molecule has 0 aliphatic heterocycles. The quantitative estimate of drug-likeness (QED) is 0.847. The van der Waals surface area contributed by atoms with Crippen molar-refractivity contribution in [1.82, 2.24) is 4.72 Å². The maximum Gasteiger partial charge on any atom is 0.335 e. The molecule has 2 aromatic carbocycles. The number of carbonyl (C=O) groups is 1. The minimum Gasteiger partial charge on any atom is -0.496 e. The summed E-state index contributed by atoms with van der Waals surface area (Å²) >= 11 is 0. The molecule has 0 amide bonds. The number of methoxy groups -OCH3 is 1. The third-order valence-electron chi connectivity index (χ3n) is 3.04. The van der Waals surface area contributed by atoms with Crippen LogP contribution in [0.4, 0.5) is 0 Å². The fourth-order valence-corrected chi connectivity index (χ4v) is 2.95. The van der Waals surface area contributed by atoms with Crippen molar-refractivity contribution >= 4 is 16.0 Å². The molecule has 2 rings (SSSR count). The van der Waals surface area contributed by atoms with Gasteiger partial charge in [0.05, 0.1) is 17.6 Å². The monoisotopic (exact) mass is 321 g/mol. The van der Waals surface area contributed by atoms with Crippen molar-refractivity contribution in [3.63, 3.8) is 0 Å². The Kier molecular flexibility index (Phi) is 4.79. The highest BCUT2D eigenvalue weighted by atomic mass is 32.2. The molecule has 6 nitrogen and oxygen atoms in total. The lowest BCUT2D eigenvalue weighted by Crippen LogP contribution is -2.23. The topological polar surface area (TPSA) is 92.7 Å². The van der Waals surface area contributed by atoms with E-state index in [0.29, 0.717) is 11.3 Å². The second kappa shape index (κ2) is 6.59. The molecule has 0 radical (unpaired) electrons. The second-order valence-corrected chi connectivity index (χ2v) is 6.24. The Morgan fingerprint density at radius 2 is 1.91 bits per heavy atom. The van der Waals surface area contributed by atoms with Gasteiger partial charge < -0.3 is 9.84 Å². The molecular formula is C15H15NO5S. The number of nitrogens with one attached hydrogen (secondary N) is 1. The number of para-hydroxylation sites is 1. The molecule has 2 N–H and O–H groups in total. The van der Waals surface area contributed by atoms with Gasteiger partial charge in [-0.15, -0.1) is 0 Å². The van der Waals surface area contributed by atoms with Crippen LogP contribution in [0.3, 0.4) is 0 Å². The Bertz CT molecular complexity index is 786. The number of hydrogen-bond acceptors (Lipinski definition) is 4. The first-order valence-corrected chi connectivity index (χ1v) is 7.87. The number of sulfonamides is 1. The molecule has 0 fully saturated rings. The van der Waals surface area contributed by atoms with Crippen LogP contribution in [0.5, 0.6) is 5.75 Å². The number of ether oxygens (including phenoxy) is 1. The van der Waals surface area contributed by atoms with Gasteiger partial charge in [0.15, 0.2) is 0 Å². The van der Waals surface area contributed by atoms with Crippen molar-refractivity contribution in [2.24, 2.45) is 0 Å². The van der Waals surface area contributed by atoms with Gasteiger partial charge in [0.2, 0.25) is 10.0 Å². The minimum absolute atomic E-state index is 0.0453. The molecular weight excluding hydrogens is 306 g/mol. The number of carboxylic acid groups (broad SMARTS) is 1. The molecule has 2 aromatic rings. The molecule has 0 heterocycles. The van der Waals surface area contributed by atoms with Crippen molar-refractivity contribution in [2.45, 2.75) is 11.4 Å². The van der Waals surface area contributed by atoms with E-state index in [1.54, 1.807) is 24.3 Å². The average Bonchev–Trinajstić information content (AvgIpc) is 2.53. The lowest BCUT2D eigenvalue weighted by atomic mass is 10.2. The zero-order chi connectivity index (χ0) is 16.2. The SMILES string of the molecule is COc1ccccc1CNS(=O)(=O)c1cccc(C(=O)O)c1. The summed E-state index contributed by atoms with van der Waals surface area (Å²) in [4.78, 5) is 10.8. The molecule has 0 spiro atoms. The van der Waals surface area contributed by atoms with Gasteiger partial charge in [-0.3, -0.25) is 0 Å². The molecule has 0 unspecified atom stereocenters. The summed E-state index contributed by atoms with van der Waals surface area (Å²) in [5.74, 6) is -0.605. The van der Waals surface area contributed by atoms with Crippen molar-refractivity contribution in [2.75, 3.05) is 7.11 Å². The lowest BCUT2D eigenvalue weighted by molar-refractivity contribution is 0.0696. The normalized spacial score (nSPS) is 11.1. The Balaban J connectivity index is 2.21. The Morgan fingerprint density at radius 1 is 1.18 bits per heavy atom. The zero-order valence-electron chi connectivity index (χ0n) is 11.8. The molecule has 0 bridgehead atoms. The van der Waals surface area contributed by atoms with Gasteiger partial charge in [0.1, 0.15) is 5.75 Å². The largest absolute Gasteiger partial charge is 0.496 e. The van der Waals surface area contributed by atoms with E-state index in [-0.39, 0.29) is 17.0 Å². The summed E-state index contributed by atoms with van der Waals surface area (Å²) in [6, 6.07) is 12.2. The van der Waals surface area contributed by atoms with Gasteiger partial charge in [0, 0.05) is 12.1 Å². The maximum atomic E-state index is 12.2. The van der Waals surface area contributed by atoms with Gasteiger partial charge in [-0.2, -0.15) is 0 Å². The summed E-state index contributed by atoms with van der Waals surface area (Å²) in [7, 11) is -2.30. The number of carboxylic acids is 1. The van der Waals surface area contributed by atoms with Crippen LogP contribution in [0.1, 0.15) is 15.9 Å². The number of benzene rings is 2. The second-order valence-electron chi connectivity index (χ2n) is 4.47. The molecule has 0 aliphatic rings. The molecule has 0 aliphatic carbocycles. The fraction of sp³-hybridized carbons (Fsp3) is 0.133. The Labute approximate surface area is 128 Å². The molecule has 0 aromatic heterocycles. The van der Waals surface area contributed by atoms with Crippen molar-refractivity contribution in [3.05, 3.63) is 59.7 Å². The molecule has 0 saturated carbocycles. The Hall–Kier alpha value is -2.38. The minimum atomic E-state index is -3.81. The van der Waals surface area contributed by atoms with E-state index >= 15 is 0 Å². The standard InChI is InChI=1S/C15H15NO5S/c1-21-14-8-3-2-5-12(14)10-16-22(19,20)13-7-4-6-11(9-13)15(17)18/h2-9,16H,10H2,1H3,(H,17,18). The van der Waals surface area contributed by atoms with Gasteiger partial charge in [-0.05, 0) is 24.3 Å². The van der Waals surface area contributed by atoms with Crippen LogP contribution >= 0.6 is 0 Å². The van der Waals surface area contributed by atoms with Gasteiger partial charge >= 0.3 is 5.97 Å². The summed E-state index contributed by atoms with van der Waals surface area (Å²) in [6.45, 7) is 0.0453. The van der Waals surface area contributed by atoms with E-state index in [1.165, 1.54) is 25.3 Å². The first kappa shape index (κ1) is 16.0. The molecule has 7 heteroatoms. The zero-order valence-corrected chi connectivity index (χ0v) is 12.6. The van der Waals surface area contributed by atoms with Crippen LogP contribution in [-0.2, 0) is 16.6 Å². The highest BCUT2D eigenvalue weighted by Crippen LogP contribution is 2.18. The van der Waals surface area contributed by atoms with Crippen LogP contribution in [0, 0.1) is 0 Å². The van der Waals surface area contributed by atoms with Crippen LogP contribution in [0.25, 0.3) is 0 Å². The maximum absolute atomic E-state index is 12.2. The van der Waals surface area contributed by atoms with Crippen LogP contribution in [0.2, 0.25) is 0 Å². The van der Waals surface area contributed by atoms with Crippen LogP contribution < -0.4 is 9.46 Å². The number of aromatic carboxylic acids is 1. The lowest BCUT2D eigenvalue weighted by Gasteiger charge is -2.10. The molecule has 22 heavy (non-hydrogen) atoms. The van der Waals surface area contributed by atoms with E-state index in [0.717, 1.165) is 6.07 Å². The van der Waals surface area contributed by atoms with E-state index in [4.69, 9.17) is 9.84 Å². The fourth-order valence-electron chi connectivity index (χ4n) is 1.90. The Morgan fingerprint density at radius 3 is 2.59 bits per heavy atom. The van der Waals surface area contributed by atoms with Gasteiger partial charge in [-0.25, -0.2) is 17.9 Å². The molecule has 0 saturated heterocycles. The van der Waals surface area contributed by atoms with Gasteiger partial charge in [0.25, 0.3) is 0 Å². The predicted octanol–water partition coefficient (Wildman–Crippen LogP) is 1.87. The summed E-state index contributed by atoms with van der Waals surface area (Å²) < 4.78 is 32.1. The van der Waals surface area contributed by atoms with E-state index in [1.807, 2.05) is 0 Å². The summed E-state index contributed by atoms with van der Waals surface area (Å²) in [6.07, 6.45) is 0. The third-order valence-corrected chi connectivity index (χ3v) is 4.44. The van der Waals surface area contributed by atoms with Crippen LogP contribution in [-0.4, -0.2) is 26.6 Å². The van der Waals surface area contributed by atoms with Crippen molar-refractivity contribution < 1.29 is 23.1 Å². The number of hydrogen-bond donors (Lipinski definition) is 2. The number of rotatable bonds is 6. The van der Waals surface area contributed by atoms with Crippen LogP contribution in [0.15, 0.2) is 53.4 Å². The summed E-state index contributed by atoms with van der Waals surface area (Å²) in [5.41, 5.74) is 0.600. The average molecular weight is 321 g/mol. The molecule has 116 valence electrons. The highest BCUT2D eigenvalue weighted by molar-refractivity contribution is 7.89. The van der Waals surface area contributed by atoms with Gasteiger partial charge in [-0.1, -0.05) is 24.3 Å². The first-order chi connectivity index (χ1) is 10.4. The van der Waals surface area contributed by atoms with E-state index < -0.39 is 16.0 Å². The summed E-state index contributed by atoms with van der Waals surface area (Å²) in [5, 5.41) is 8.92. The predicted molar refractivity (Wildman–Crippen MR) is 80.4 cm³/mol.